The molecule has 3 aromatic carbocycles. The summed E-state index contributed by atoms with van der Waals surface area (Å²) in [5.74, 6) is 0.204. The Kier molecular flexibility index (Phi) is 5.07. The molecular weight excluding hydrogens is 366 g/mol. The van der Waals surface area contributed by atoms with E-state index in [4.69, 9.17) is 4.74 Å². The van der Waals surface area contributed by atoms with Crippen LogP contribution in [0.5, 0.6) is 11.5 Å². The lowest BCUT2D eigenvalue weighted by molar-refractivity contribution is -0.112. The second-order valence-corrected chi connectivity index (χ2v) is 6.52. The van der Waals surface area contributed by atoms with E-state index in [9.17, 15) is 9.90 Å². The highest BCUT2D eigenvalue weighted by molar-refractivity contribution is 6.54. The van der Waals surface area contributed by atoms with Gasteiger partial charge in [-0.3, -0.25) is 4.79 Å². The molecule has 0 bridgehead atoms. The van der Waals surface area contributed by atoms with Gasteiger partial charge in [0.2, 0.25) is 0 Å². The SMILES string of the molecule is COc1ccc(/C=N\N=C2/C(=O)N(Cc3ccccc3)c3ccccc32)cc1O. The molecule has 29 heavy (non-hydrogen) atoms. The molecule has 0 aromatic heterocycles. The number of methoxy groups -OCH3 is 1. The lowest BCUT2D eigenvalue weighted by atomic mass is 10.1. The maximum absolute atomic E-state index is 13.0. The number of anilines is 1. The maximum Gasteiger partial charge on any atom is 0.279 e. The second kappa shape index (κ2) is 7.98. The largest absolute Gasteiger partial charge is 0.504 e. The molecule has 1 heterocycles. The van der Waals surface area contributed by atoms with Crippen LogP contribution in [-0.4, -0.2) is 30.0 Å². The fourth-order valence-electron chi connectivity index (χ4n) is 3.22. The summed E-state index contributed by atoms with van der Waals surface area (Å²) in [5, 5.41) is 18.1. The maximum atomic E-state index is 13.0. The summed E-state index contributed by atoms with van der Waals surface area (Å²) in [6.07, 6.45) is 1.49. The minimum Gasteiger partial charge on any atom is -0.504 e. The number of hydrogen-bond acceptors (Lipinski definition) is 5. The Morgan fingerprint density at radius 3 is 2.55 bits per heavy atom. The second-order valence-electron chi connectivity index (χ2n) is 6.52. The van der Waals surface area contributed by atoms with Gasteiger partial charge in [0, 0.05) is 5.56 Å². The van der Waals surface area contributed by atoms with Crippen molar-refractivity contribution >= 4 is 23.5 Å². The highest BCUT2D eigenvalue weighted by Gasteiger charge is 2.33. The van der Waals surface area contributed by atoms with Crippen molar-refractivity contribution in [3.8, 4) is 11.5 Å². The first kappa shape index (κ1) is 18.4. The van der Waals surface area contributed by atoms with Gasteiger partial charge in [-0.25, -0.2) is 0 Å². The first-order valence-corrected chi connectivity index (χ1v) is 9.10. The van der Waals surface area contributed by atoms with Crippen LogP contribution in [-0.2, 0) is 11.3 Å². The fraction of sp³-hybridized carbons (Fsp3) is 0.0870. The molecule has 3 aromatic rings. The minimum absolute atomic E-state index is 0.0143. The number of ether oxygens (including phenoxy) is 1. The van der Waals surface area contributed by atoms with Gasteiger partial charge < -0.3 is 14.7 Å². The number of nitrogens with zero attached hydrogens (tertiary/aromatic N) is 3. The summed E-state index contributed by atoms with van der Waals surface area (Å²) in [6, 6.07) is 22.3. The predicted octanol–water partition coefficient (Wildman–Crippen LogP) is 3.77. The van der Waals surface area contributed by atoms with Gasteiger partial charge in [-0.1, -0.05) is 48.5 Å². The number of phenols is 1. The molecule has 0 atom stereocenters. The average Bonchev–Trinajstić information content (AvgIpc) is 3.01. The van der Waals surface area contributed by atoms with Crippen LogP contribution in [0.25, 0.3) is 0 Å². The van der Waals surface area contributed by atoms with Gasteiger partial charge in [0.1, 0.15) is 0 Å². The van der Waals surface area contributed by atoms with Crippen LogP contribution in [0.3, 0.4) is 0 Å². The predicted molar refractivity (Wildman–Crippen MR) is 113 cm³/mol. The number of phenolic OH excluding ortho intramolecular Hbond substituents is 1. The summed E-state index contributed by atoms with van der Waals surface area (Å²) in [7, 11) is 1.49. The van der Waals surface area contributed by atoms with Crippen molar-refractivity contribution in [2.45, 2.75) is 6.54 Å². The van der Waals surface area contributed by atoms with E-state index in [1.165, 1.54) is 19.4 Å². The van der Waals surface area contributed by atoms with Crippen molar-refractivity contribution in [2.24, 2.45) is 10.2 Å². The molecule has 1 N–H and O–H groups in total. The molecule has 0 radical (unpaired) electrons. The van der Waals surface area contributed by atoms with Crippen LogP contribution in [0.15, 0.2) is 83.0 Å². The molecule has 0 aliphatic carbocycles. The molecule has 1 aliphatic rings. The number of aromatic hydroxyl groups is 1. The highest BCUT2D eigenvalue weighted by atomic mass is 16.5. The van der Waals surface area contributed by atoms with Gasteiger partial charge in [0.05, 0.1) is 25.6 Å². The van der Waals surface area contributed by atoms with E-state index in [2.05, 4.69) is 10.2 Å². The van der Waals surface area contributed by atoms with Gasteiger partial charge in [0.25, 0.3) is 5.91 Å². The van der Waals surface area contributed by atoms with Gasteiger partial charge in [0.15, 0.2) is 17.2 Å². The molecule has 0 unspecified atom stereocenters. The zero-order valence-electron chi connectivity index (χ0n) is 15.8. The van der Waals surface area contributed by atoms with Crippen LogP contribution < -0.4 is 9.64 Å². The van der Waals surface area contributed by atoms with E-state index >= 15 is 0 Å². The molecule has 144 valence electrons. The van der Waals surface area contributed by atoms with Crippen molar-refractivity contribution in [2.75, 3.05) is 12.0 Å². The third kappa shape index (κ3) is 3.73. The number of amides is 1. The van der Waals surface area contributed by atoms with Crippen molar-refractivity contribution in [1.29, 1.82) is 0 Å². The average molecular weight is 385 g/mol. The van der Waals surface area contributed by atoms with Crippen LogP contribution in [0.2, 0.25) is 0 Å². The van der Waals surface area contributed by atoms with E-state index in [1.54, 1.807) is 17.0 Å². The zero-order chi connectivity index (χ0) is 20.2. The summed E-state index contributed by atoms with van der Waals surface area (Å²) < 4.78 is 5.03. The minimum atomic E-state index is -0.190. The van der Waals surface area contributed by atoms with E-state index in [0.717, 1.165) is 16.8 Å². The molecule has 0 saturated heterocycles. The Bertz CT molecular complexity index is 1110. The number of hydrogen-bond donors (Lipinski definition) is 1. The van der Waals surface area contributed by atoms with E-state index in [1.807, 2.05) is 54.6 Å². The van der Waals surface area contributed by atoms with Crippen molar-refractivity contribution in [3.63, 3.8) is 0 Å². The summed E-state index contributed by atoms with van der Waals surface area (Å²) in [6.45, 7) is 0.464. The highest BCUT2D eigenvalue weighted by Crippen LogP contribution is 2.31. The molecule has 6 nitrogen and oxygen atoms in total. The smallest absolute Gasteiger partial charge is 0.279 e. The first-order chi connectivity index (χ1) is 14.2. The quantitative estimate of drug-likeness (QED) is 0.537. The van der Waals surface area contributed by atoms with Gasteiger partial charge in [-0.15, -0.1) is 5.10 Å². The van der Waals surface area contributed by atoms with Gasteiger partial charge in [-0.2, -0.15) is 5.10 Å². The Balaban J connectivity index is 1.62. The number of carbonyl (C=O) groups excluding carboxylic acids is 1. The van der Waals surface area contributed by atoms with E-state index in [0.29, 0.717) is 23.6 Å². The molecule has 0 fully saturated rings. The topological polar surface area (TPSA) is 74.5 Å². The van der Waals surface area contributed by atoms with Crippen LogP contribution >= 0.6 is 0 Å². The summed E-state index contributed by atoms with van der Waals surface area (Å²) in [4.78, 5) is 14.7. The number of carbonyl (C=O) groups is 1. The van der Waals surface area contributed by atoms with Crippen LogP contribution in [0.1, 0.15) is 16.7 Å². The zero-order valence-corrected chi connectivity index (χ0v) is 15.8. The molecule has 1 aliphatic heterocycles. The number of fused-ring (bicyclic) bond motifs is 1. The molecular formula is C23H19N3O3. The molecule has 0 saturated carbocycles. The molecule has 4 rings (SSSR count). The lowest BCUT2D eigenvalue weighted by Crippen LogP contribution is -2.29. The first-order valence-electron chi connectivity index (χ1n) is 9.10. The summed E-state index contributed by atoms with van der Waals surface area (Å²) >= 11 is 0. The lowest BCUT2D eigenvalue weighted by Gasteiger charge is -2.16. The Morgan fingerprint density at radius 2 is 1.79 bits per heavy atom. The molecule has 6 heteroatoms. The standard InChI is InChI=1S/C23H19N3O3/c1-29-21-12-11-17(13-20(21)27)14-24-25-22-18-9-5-6-10-19(18)26(23(22)28)15-16-7-3-2-4-8-16/h2-14,27H,15H2,1H3/b24-14-,25-22-. The van der Waals surface area contributed by atoms with E-state index < -0.39 is 0 Å². The van der Waals surface area contributed by atoms with Gasteiger partial charge in [-0.05, 0) is 35.4 Å². The normalized spacial score (nSPS) is 14.6. The Morgan fingerprint density at radius 1 is 1.03 bits per heavy atom. The Hall–Kier alpha value is -3.93. The van der Waals surface area contributed by atoms with Crippen LogP contribution in [0, 0.1) is 0 Å². The molecule has 1 amide bonds. The third-order valence-corrected chi connectivity index (χ3v) is 4.65. The third-order valence-electron chi connectivity index (χ3n) is 4.65. The number of rotatable bonds is 5. The number of para-hydroxylation sites is 1. The molecule has 0 spiro atoms. The fourth-order valence-corrected chi connectivity index (χ4v) is 3.22. The Labute approximate surface area is 168 Å². The van der Waals surface area contributed by atoms with Crippen molar-refractivity contribution in [1.82, 2.24) is 0 Å². The van der Waals surface area contributed by atoms with Crippen molar-refractivity contribution in [3.05, 3.63) is 89.5 Å². The van der Waals surface area contributed by atoms with Crippen molar-refractivity contribution < 1.29 is 14.6 Å². The van der Waals surface area contributed by atoms with Gasteiger partial charge >= 0.3 is 0 Å². The van der Waals surface area contributed by atoms with E-state index in [-0.39, 0.29) is 11.7 Å². The monoisotopic (exact) mass is 385 g/mol. The summed E-state index contributed by atoms with van der Waals surface area (Å²) in [5.41, 5.74) is 3.55. The van der Waals surface area contributed by atoms with Crippen LogP contribution in [0.4, 0.5) is 5.69 Å². The number of benzene rings is 3.